The third kappa shape index (κ3) is 2.12. The number of allylic oxidation sites excluding steroid dienone is 1. The minimum absolute atomic E-state index is 0.183. The Morgan fingerprint density at radius 3 is 2.71 bits per heavy atom. The fourth-order valence-corrected chi connectivity index (χ4v) is 0.993. The van der Waals surface area contributed by atoms with Crippen molar-refractivity contribution in [2.75, 3.05) is 13.1 Å². The fraction of sp³-hybridized carbons (Fsp3) is 0.333. The smallest absolute Gasteiger partial charge is 0.310 e. The topological polar surface area (TPSA) is 66.8 Å². The largest absolute Gasteiger partial charge is 0.343 e. The number of carbonyl (C=O) groups is 3. The number of aliphatic imine (C=N–C) groups is 1. The molecular formula is C9H10N2O3. The van der Waals surface area contributed by atoms with E-state index < -0.39 is 17.6 Å². The highest BCUT2D eigenvalue weighted by atomic mass is 16.2. The number of hydrogen-bond donors (Lipinski definition) is 0. The molecule has 0 aromatic rings. The lowest BCUT2D eigenvalue weighted by molar-refractivity contribution is -0.134. The number of urea groups is 1. The molecule has 5 nitrogen and oxygen atoms in total. The molecule has 0 atom stereocenters. The average molecular weight is 194 g/mol. The van der Waals surface area contributed by atoms with E-state index in [1.165, 1.54) is 18.0 Å². The molecule has 5 heteroatoms. The summed E-state index contributed by atoms with van der Waals surface area (Å²) in [4.78, 5) is 37.9. The van der Waals surface area contributed by atoms with Crippen LogP contribution in [0.3, 0.4) is 0 Å². The summed E-state index contributed by atoms with van der Waals surface area (Å²) in [7, 11) is 0. The lowest BCUT2D eigenvalue weighted by Gasteiger charge is -2.11. The van der Waals surface area contributed by atoms with Crippen molar-refractivity contribution in [3.05, 3.63) is 12.2 Å². The summed E-state index contributed by atoms with van der Waals surface area (Å²) in [6, 6.07) is -0.479. The van der Waals surface area contributed by atoms with E-state index in [9.17, 15) is 14.4 Å². The molecule has 0 fully saturated rings. The van der Waals surface area contributed by atoms with E-state index in [2.05, 4.69) is 11.6 Å². The van der Waals surface area contributed by atoms with Crippen molar-refractivity contribution >= 4 is 23.8 Å². The van der Waals surface area contributed by atoms with Gasteiger partial charge >= 0.3 is 6.03 Å². The Balaban J connectivity index is 2.54. The van der Waals surface area contributed by atoms with Crippen molar-refractivity contribution in [1.29, 1.82) is 0 Å². The van der Waals surface area contributed by atoms with Crippen molar-refractivity contribution < 1.29 is 14.4 Å². The number of hydrogen-bond acceptors (Lipinski definition) is 3. The van der Waals surface area contributed by atoms with Crippen LogP contribution in [0, 0.1) is 0 Å². The van der Waals surface area contributed by atoms with Gasteiger partial charge in [-0.3, -0.25) is 9.59 Å². The third-order valence-corrected chi connectivity index (χ3v) is 1.75. The number of rotatable bonds is 4. The van der Waals surface area contributed by atoms with Gasteiger partial charge in [0, 0.05) is 6.21 Å². The summed E-state index contributed by atoms with van der Waals surface area (Å²) in [5, 5.41) is 0. The van der Waals surface area contributed by atoms with E-state index in [0.717, 1.165) is 0 Å². The van der Waals surface area contributed by atoms with Gasteiger partial charge in [0.05, 0.1) is 13.1 Å². The number of Topliss-reactive ketones (excluding diaryl/α,β-unsaturated/α-hetero) is 2. The van der Waals surface area contributed by atoms with Gasteiger partial charge in [-0.25, -0.2) is 9.79 Å². The van der Waals surface area contributed by atoms with Crippen molar-refractivity contribution in [3.8, 4) is 0 Å². The Labute approximate surface area is 81.1 Å². The normalized spacial score (nSPS) is 14.6. The SMILES string of the molecule is C=C(C)C(=O)C(=O)CN1CC=NC1=O. The zero-order chi connectivity index (χ0) is 10.7. The van der Waals surface area contributed by atoms with Crippen molar-refractivity contribution in [2.45, 2.75) is 6.92 Å². The molecule has 1 rings (SSSR count). The molecule has 0 saturated carbocycles. The number of carbonyl (C=O) groups excluding carboxylic acids is 3. The van der Waals surface area contributed by atoms with Crippen LogP contribution >= 0.6 is 0 Å². The van der Waals surface area contributed by atoms with Gasteiger partial charge in [-0.2, -0.15) is 0 Å². The van der Waals surface area contributed by atoms with Gasteiger partial charge in [0.25, 0.3) is 0 Å². The van der Waals surface area contributed by atoms with E-state index in [1.54, 1.807) is 0 Å². The summed E-state index contributed by atoms with van der Waals surface area (Å²) in [6.07, 6.45) is 1.40. The van der Waals surface area contributed by atoms with E-state index >= 15 is 0 Å². The van der Waals surface area contributed by atoms with E-state index in [4.69, 9.17) is 0 Å². The van der Waals surface area contributed by atoms with Gasteiger partial charge in [-0.1, -0.05) is 6.58 Å². The van der Waals surface area contributed by atoms with Crippen LogP contribution in [0.1, 0.15) is 6.92 Å². The Bertz CT molecular complexity index is 344. The number of amides is 2. The maximum absolute atomic E-state index is 11.2. The standard InChI is InChI=1S/C9H10N2O3/c1-6(2)8(13)7(12)5-11-4-3-10-9(11)14/h3H,1,4-5H2,2H3. The zero-order valence-electron chi connectivity index (χ0n) is 7.82. The molecule has 1 heterocycles. The first-order chi connectivity index (χ1) is 6.52. The van der Waals surface area contributed by atoms with E-state index in [-0.39, 0.29) is 18.7 Å². The summed E-state index contributed by atoms with van der Waals surface area (Å²) in [5.74, 6) is -1.26. The van der Waals surface area contributed by atoms with Crippen LogP contribution in [0.4, 0.5) is 4.79 Å². The second-order valence-corrected chi connectivity index (χ2v) is 3.01. The average Bonchev–Trinajstić information content (AvgIpc) is 2.50. The fourth-order valence-electron chi connectivity index (χ4n) is 0.993. The highest BCUT2D eigenvalue weighted by Crippen LogP contribution is 2.01. The highest BCUT2D eigenvalue weighted by molar-refractivity contribution is 6.44. The first-order valence-electron chi connectivity index (χ1n) is 4.07. The van der Waals surface area contributed by atoms with Gasteiger partial charge in [-0.15, -0.1) is 0 Å². The maximum atomic E-state index is 11.2. The summed E-state index contributed by atoms with van der Waals surface area (Å²) in [5.41, 5.74) is 0.183. The van der Waals surface area contributed by atoms with Crippen LogP contribution in [-0.2, 0) is 9.59 Å². The van der Waals surface area contributed by atoms with Crippen LogP contribution in [0.25, 0.3) is 0 Å². The first kappa shape index (κ1) is 10.3. The summed E-state index contributed by atoms with van der Waals surface area (Å²) < 4.78 is 0. The molecule has 1 aliphatic rings. The molecule has 0 aliphatic carbocycles. The molecular weight excluding hydrogens is 184 g/mol. The molecule has 0 N–H and O–H groups in total. The number of nitrogens with zero attached hydrogens (tertiary/aromatic N) is 2. The van der Waals surface area contributed by atoms with Crippen molar-refractivity contribution in [2.24, 2.45) is 4.99 Å². The van der Waals surface area contributed by atoms with Gasteiger partial charge in [0.2, 0.25) is 11.6 Å². The molecule has 2 amide bonds. The Kier molecular flexibility index (Phi) is 2.91. The van der Waals surface area contributed by atoms with Crippen LogP contribution in [0.5, 0.6) is 0 Å². The zero-order valence-corrected chi connectivity index (χ0v) is 7.82. The van der Waals surface area contributed by atoms with Gasteiger partial charge < -0.3 is 4.90 Å². The predicted molar refractivity (Wildman–Crippen MR) is 50.3 cm³/mol. The molecule has 74 valence electrons. The number of ketones is 2. The first-order valence-corrected chi connectivity index (χ1v) is 4.07. The Morgan fingerprint density at radius 2 is 2.29 bits per heavy atom. The maximum Gasteiger partial charge on any atom is 0.343 e. The van der Waals surface area contributed by atoms with Gasteiger partial charge in [-0.05, 0) is 12.5 Å². The molecule has 1 aliphatic heterocycles. The van der Waals surface area contributed by atoms with Gasteiger partial charge in [0.15, 0.2) is 0 Å². The third-order valence-electron chi connectivity index (χ3n) is 1.75. The molecule has 0 spiro atoms. The Hall–Kier alpha value is -1.78. The molecule has 0 saturated heterocycles. The Morgan fingerprint density at radius 1 is 1.64 bits per heavy atom. The minimum atomic E-state index is -0.635. The molecule has 0 aromatic heterocycles. The predicted octanol–water partition coefficient (Wildman–Crippen LogP) is 0.207. The lowest BCUT2D eigenvalue weighted by Crippen LogP contribution is -2.34. The monoisotopic (exact) mass is 194 g/mol. The van der Waals surface area contributed by atoms with Crippen LogP contribution < -0.4 is 0 Å². The second kappa shape index (κ2) is 3.95. The van der Waals surface area contributed by atoms with Gasteiger partial charge in [0.1, 0.15) is 0 Å². The molecule has 14 heavy (non-hydrogen) atoms. The van der Waals surface area contributed by atoms with E-state index in [1.807, 2.05) is 0 Å². The highest BCUT2D eigenvalue weighted by Gasteiger charge is 2.23. The minimum Gasteiger partial charge on any atom is -0.310 e. The molecule has 0 bridgehead atoms. The van der Waals surface area contributed by atoms with Crippen LogP contribution in [-0.4, -0.2) is 41.8 Å². The molecule has 0 aromatic carbocycles. The van der Waals surface area contributed by atoms with Crippen molar-refractivity contribution in [3.63, 3.8) is 0 Å². The quantitative estimate of drug-likeness (QED) is 0.474. The summed E-state index contributed by atoms with van der Waals surface area (Å²) in [6.45, 7) is 4.89. The van der Waals surface area contributed by atoms with Crippen LogP contribution in [0.2, 0.25) is 0 Å². The van der Waals surface area contributed by atoms with E-state index in [0.29, 0.717) is 0 Å². The lowest BCUT2D eigenvalue weighted by atomic mass is 10.1. The summed E-state index contributed by atoms with van der Waals surface area (Å²) >= 11 is 0. The molecule has 0 radical (unpaired) electrons. The van der Waals surface area contributed by atoms with Crippen LogP contribution in [0.15, 0.2) is 17.1 Å². The molecule has 0 unspecified atom stereocenters. The van der Waals surface area contributed by atoms with Crippen molar-refractivity contribution in [1.82, 2.24) is 4.90 Å². The second-order valence-electron chi connectivity index (χ2n) is 3.01.